The molecule has 17 heavy (non-hydrogen) atoms. The molecule has 3 nitrogen and oxygen atoms in total. The van der Waals surface area contributed by atoms with Crippen LogP contribution in [0.2, 0.25) is 0 Å². The monoisotopic (exact) mass is 245 g/mol. The molecule has 2 aromatic rings. The Labute approximate surface area is 93.7 Å². The second kappa shape index (κ2) is 3.83. The summed E-state index contributed by atoms with van der Waals surface area (Å²) in [5.74, 6) is -0.811. The van der Waals surface area contributed by atoms with Gasteiger partial charge in [0.05, 0.1) is 5.56 Å². The zero-order chi connectivity index (χ0) is 12.6. The topological polar surface area (TPSA) is 30.7 Å². The number of nitrogens with zero attached hydrogens (tertiary/aromatic N) is 3. The van der Waals surface area contributed by atoms with Crippen LogP contribution in [0.4, 0.5) is 17.6 Å². The predicted molar refractivity (Wildman–Crippen MR) is 51.1 cm³/mol. The first-order valence-corrected chi connectivity index (χ1v) is 4.64. The van der Waals surface area contributed by atoms with E-state index in [1.807, 2.05) is 0 Å². The lowest BCUT2D eigenvalue weighted by molar-refractivity contribution is -0.137. The zero-order valence-corrected chi connectivity index (χ0v) is 8.66. The Balaban J connectivity index is 2.73. The highest BCUT2D eigenvalue weighted by Gasteiger charge is 2.35. The van der Waals surface area contributed by atoms with Gasteiger partial charge in [-0.1, -0.05) is 6.07 Å². The van der Waals surface area contributed by atoms with Crippen LogP contribution in [-0.2, 0) is 6.18 Å². The smallest absolute Gasteiger partial charge is 0.220 e. The Morgan fingerprint density at radius 1 is 1.24 bits per heavy atom. The van der Waals surface area contributed by atoms with Crippen molar-refractivity contribution in [3.63, 3.8) is 0 Å². The van der Waals surface area contributed by atoms with Gasteiger partial charge in [0, 0.05) is 0 Å². The summed E-state index contributed by atoms with van der Waals surface area (Å²) in [5, 5.41) is 3.59. The number of alkyl halides is 3. The maximum Gasteiger partial charge on any atom is 0.418 e. The van der Waals surface area contributed by atoms with Gasteiger partial charge in [-0.3, -0.25) is 0 Å². The molecule has 0 saturated heterocycles. The molecule has 7 heteroatoms. The molecule has 0 aliphatic heterocycles. The molecule has 1 aromatic carbocycles. The van der Waals surface area contributed by atoms with Crippen molar-refractivity contribution in [3.8, 4) is 5.69 Å². The number of hydrogen-bond acceptors (Lipinski definition) is 2. The molecule has 0 aliphatic rings. The van der Waals surface area contributed by atoms with Crippen LogP contribution in [0.25, 0.3) is 5.69 Å². The summed E-state index contributed by atoms with van der Waals surface area (Å²) in [4.78, 5) is 3.68. The SMILES string of the molecule is Cc1ncnn1-c1c(F)cccc1C(F)(F)F. The molecule has 0 bridgehead atoms. The van der Waals surface area contributed by atoms with Crippen LogP contribution >= 0.6 is 0 Å². The predicted octanol–water partition coefficient (Wildman–Crippen LogP) is 2.73. The minimum atomic E-state index is -4.64. The van der Waals surface area contributed by atoms with Crippen molar-refractivity contribution in [2.45, 2.75) is 13.1 Å². The molecular formula is C10H7F4N3. The van der Waals surface area contributed by atoms with Crippen molar-refractivity contribution in [1.29, 1.82) is 0 Å². The van der Waals surface area contributed by atoms with Gasteiger partial charge >= 0.3 is 6.18 Å². The van der Waals surface area contributed by atoms with Gasteiger partial charge in [-0.2, -0.15) is 18.3 Å². The van der Waals surface area contributed by atoms with Gasteiger partial charge in [-0.15, -0.1) is 0 Å². The molecule has 2 rings (SSSR count). The zero-order valence-electron chi connectivity index (χ0n) is 8.66. The van der Waals surface area contributed by atoms with Gasteiger partial charge in [0.2, 0.25) is 0 Å². The molecule has 0 radical (unpaired) electrons. The number of halogens is 4. The van der Waals surface area contributed by atoms with Crippen molar-refractivity contribution in [1.82, 2.24) is 14.8 Å². The van der Waals surface area contributed by atoms with Crippen LogP contribution in [0, 0.1) is 12.7 Å². The van der Waals surface area contributed by atoms with E-state index in [9.17, 15) is 17.6 Å². The highest BCUT2D eigenvalue weighted by molar-refractivity contribution is 5.43. The number of benzene rings is 1. The van der Waals surface area contributed by atoms with Gasteiger partial charge in [-0.25, -0.2) is 14.1 Å². The van der Waals surface area contributed by atoms with Crippen LogP contribution < -0.4 is 0 Å². The molecular weight excluding hydrogens is 238 g/mol. The maximum absolute atomic E-state index is 13.5. The first-order chi connectivity index (χ1) is 7.91. The normalized spacial score (nSPS) is 11.8. The molecule has 0 atom stereocenters. The fourth-order valence-corrected chi connectivity index (χ4v) is 1.48. The summed E-state index contributed by atoms with van der Waals surface area (Å²) in [6, 6.07) is 2.76. The lowest BCUT2D eigenvalue weighted by Crippen LogP contribution is -2.14. The van der Waals surface area contributed by atoms with Crippen LogP contribution in [0.1, 0.15) is 11.4 Å². The Morgan fingerprint density at radius 3 is 2.47 bits per heavy atom. The molecule has 0 unspecified atom stereocenters. The van der Waals surface area contributed by atoms with Crippen molar-refractivity contribution in [2.24, 2.45) is 0 Å². The van der Waals surface area contributed by atoms with Crippen LogP contribution in [0.3, 0.4) is 0 Å². The van der Waals surface area contributed by atoms with Crippen LogP contribution in [0.5, 0.6) is 0 Å². The third-order valence-electron chi connectivity index (χ3n) is 2.22. The minimum absolute atomic E-state index is 0.181. The van der Waals surface area contributed by atoms with E-state index in [4.69, 9.17) is 0 Å². The molecule has 1 heterocycles. The Hall–Kier alpha value is -1.92. The Morgan fingerprint density at radius 2 is 1.94 bits per heavy atom. The molecule has 0 saturated carbocycles. The van der Waals surface area contributed by atoms with Crippen LogP contribution in [0.15, 0.2) is 24.5 Å². The van der Waals surface area contributed by atoms with E-state index in [2.05, 4.69) is 10.1 Å². The largest absolute Gasteiger partial charge is 0.418 e. The Kier molecular flexibility index (Phi) is 2.60. The molecule has 0 fully saturated rings. The third kappa shape index (κ3) is 2.00. The lowest BCUT2D eigenvalue weighted by Gasteiger charge is -2.13. The van der Waals surface area contributed by atoms with Gasteiger partial charge in [0.1, 0.15) is 23.7 Å². The quantitative estimate of drug-likeness (QED) is 0.723. The van der Waals surface area contributed by atoms with Crippen molar-refractivity contribution < 1.29 is 17.6 Å². The highest BCUT2D eigenvalue weighted by atomic mass is 19.4. The molecule has 1 aromatic heterocycles. The van der Waals surface area contributed by atoms with Crippen LogP contribution in [-0.4, -0.2) is 14.8 Å². The number of hydrogen-bond donors (Lipinski definition) is 0. The second-order valence-corrected chi connectivity index (χ2v) is 3.35. The first-order valence-electron chi connectivity index (χ1n) is 4.64. The summed E-state index contributed by atoms with van der Waals surface area (Å²) in [7, 11) is 0. The van der Waals surface area contributed by atoms with E-state index in [-0.39, 0.29) is 5.82 Å². The van der Waals surface area contributed by atoms with E-state index < -0.39 is 23.2 Å². The summed E-state index contributed by atoms with van der Waals surface area (Å²) in [6.45, 7) is 1.44. The maximum atomic E-state index is 13.5. The molecule has 0 amide bonds. The molecule has 0 aliphatic carbocycles. The van der Waals surface area contributed by atoms with Gasteiger partial charge in [-0.05, 0) is 19.1 Å². The van der Waals surface area contributed by atoms with E-state index in [1.54, 1.807) is 0 Å². The van der Waals surface area contributed by atoms with Gasteiger partial charge in [0.15, 0.2) is 0 Å². The number of aryl methyl sites for hydroxylation is 1. The first kappa shape index (κ1) is 11.6. The van der Waals surface area contributed by atoms with E-state index >= 15 is 0 Å². The van der Waals surface area contributed by atoms with Crippen molar-refractivity contribution in [3.05, 3.63) is 41.7 Å². The summed E-state index contributed by atoms with van der Waals surface area (Å²) in [5.41, 5.74) is -1.71. The fourth-order valence-electron chi connectivity index (χ4n) is 1.48. The fraction of sp³-hybridized carbons (Fsp3) is 0.200. The van der Waals surface area contributed by atoms with Crippen molar-refractivity contribution >= 4 is 0 Å². The number of para-hydroxylation sites is 1. The summed E-state index contributed by atoms with van der Waals surface area (Å²) < 4.78 is 52.5. The molecule has 0 spiro atoms. The summed E-state index contributed by atoms with van der Waals surface area (Å²) >= 11 is 0. The minimum Gasteiger partial charge on any atom is -0.220 e. The average Bonchev–Trinajstić information content (AvgIpc) is 2.62. The third-order valence-corrected chi connectivity index (χ3v) is 2.22. The average molecular weight is 245 g/mol. The van der Waals surface area contributed by atoms with E-state index in [0.717, 1.165) is 29.2 Å². The Bertz CT molecular complexity index is 545. The number of rotatable bonds is 1. The van der Waals surface area contributed by atoms with Crippen molar-refractivity contribution in [2.75, 3.05) is 0 Å². The number of aromatic nitrogens is 3. The second-order valence-electron chi connectivity index (χ2n) is 3.35. The van der Waals surface area contributed by atoms with Gasteiger partial charge in [0.25, 0.3) is 0 Å². The van der Waals surface area contributed by atoms with E-state index in [1.165, 1.54) is 6.92 Å². The lowest BCUT2D eigenvalue weighted by atomic mass is 10.1. The molecule has 0 N–H and O–H groups in total. The van der Waals surface area contributed by atoms with E-state index in [0.29, 0.717) is 0 Å². The van der Waals surface area contributed by atoms with Gasteiger partial charge < -0.3 is 0 Å². The highest BCUT2D eigenvalue weighted by Crippen LogP contribution is 2.34. The summed E-state index contributed by atoms with van der Waals surface area (Å²) in [6.07, 6.45) is -3.57. The standard InChI is InChI=1S/C10H7F4N3/c1-6-15-5-16-17(6)9-7(10(12,13)14)3-2-4-8(9)11/h2-5H,1H3. The molecule has 90 valence electrons.